The van der Waals surface area contributed by atoms with Gasteiger partial charge in [-0.3, -0.25) is 5.10 Å². The minimum atomic E-state index is -4.42. The number of aryl methyl sites for hydroxylation is 1. The molecule has 1 aromatic carbocycles. The summed E-state index contributed by atoms with van der Waals surface area (Å²) in [4.78, 5) is 6.35. The SMILES string of the molecule is Cc1nc2c(o1)CN(c1cc(C(F)(F)F)cc3[nH]ncc13)CC2(C)C. The second kappa shape index (κ2) is 5.00. The van der Waals surface area contributed by atoms with Gasteiger partial charge in [0, 0.05) is 30.0 Å². The Balaban J connectivity index is 1.86. The number of H-pyrrole nitrogens is 1. The van der Waals surface area contributed by atoms with Crippen LogP contribution in [0.15, 0.2) is 22.7 Å². The largest absolute Gasteiger partial charge is 0.444 e. The van der Waals surface area contributed by atoms with Gasteiger partial charge in [-0.05, 0) is 12.1 Å². The van der Waals surface area contributed by atoms with Gasteiger partial charge in [-0.2, -0.15) is 18.3 Å². The van der Waals surface area contributed by atoms with Gasteiger partial charge in [-0.25, -0.2) is 4.98 Å². The molecule has 4 rings (SSSR count). The van der Waals surface area contributed by atoms with Crippen LogP contribution in [0.2, 0.25) is 0 Å². The molecule has 0 amide bonds. The van der Waals surface area contributed by atoms with Crippen molar-refractivity contribution in [3.63, 3.8) is 0 Å². The molecule has 0 aliphatic carbocycles. The maximum atomic E-state index is 13.3. The minimum Gasteiger partial charge on any atom is -0.444 e. The average Bonchev–Trinajstić information content (AvgIpc) is 3.10. The van der Waals surface area contributed by atoms with Gasteiger partial charge in [0.05, 0.1) is 29.5 Å². The fourth-order valence-corrected chi connectivity index (χ4v) is 3.51. The number of benzene rings is 1. The first-order valence-electron chi connectivity index (χ1n) is 7.91. The fraction of sp³-hybridized carbons (Fsp3) is 0.412. The molecule has 5 nitrogen and oxygen atoms in total. The van der Waals surface area contributed by atoms with Crippen LogP contribution in [0, 0.1) is 6.92 Å². The van der Waals surface area contributed by atoms with E-state index in [2.05, 4.69) is 15.2 Å². The number of oxazole rings is 1. The number of nitrogens with zero attached hydrogens (tertiary/aromatic N) is 3. The molecule has 0 saturated heterocycles. The van der Waals surface area contributed by atoms with Crippen LogP contribution in [0.25, 0.3) is 10.9 Å². The third-order valence-electron chi connectivity index (χ3n) is 4.57. The van der Waals surface area contributed by atoms with E-state index in [9.17, 15) is 13.2 Å². The van der Waals surface area contributed by atoms with Gasteiger partial charge < -0.3 is 9.32 Å². The zero-order valence-electron chi connectivity index (χ0n) is 14.0. The van der Waals surface area contributed by atoms with Crippen LogP contribution in [0.5, 0.6) is 0 Å². The van der Waals surface area contributed by atoms with Crippen LogP contribution >= 0.6 is 0 Å². The maximum absolute atomic E-state index is 13.3. The summed E-state index contributed by atoms with van der Waals surface area (Å²) in [6, 6.07) is 2.27. The van der Waals surface area contributed by atoms with Gasteiger partial charge in [0.25, 0.3) is 0 Å². The quantitative estimate of drug-likeness (QED) is 0.715. The molecule has 0 unspecified atom stereocenters. The summed E-state index contributed by atoms with van der Waals surface area (Å²) in [5, 5.41) is 7.21. The van der Waals surface area contributed by atoms with E-state index in [1.165, 1.54) is 6.07 Å². The van der Waals surface area contributed by atoms with Crippen LogP contribution in [-0.2, 0) is 18.1 Å². The van der Waals surface area contributed by atoms with Gasteiger partial charge in [-0.15, -0.1) is 0 Å². The zero-order valence-corrected chi connectivity index (χ0v) is 14.0. The number of nitrogens with one attached hydrogen (secondary N) is 1. The molecule has 1 aliphatic rings. The van der Waals surface area contributed by atoms with Gasteiger partial charge in [0.15, 0.2) is 5.89 Å². The standard InChI is InChI=1S/C17H17F3N4O/c1-9-22-15-14(25-9)7-24(8-16(15,2)3)13-5-10(17(18,19)20)4-12-11(13)6-21-23-12/h4-6H,7-8H2,1-3H3,(H,21,23). The number of alkyl halides is 3. The van der Waals surface area contributed by atoms with Crippen molar-refractivity contribution in [1.82, 2.24) is 15.2 Å². The van der Waals surface area contributed by atoms with E-state index in [-0.39, 0.29) is 5.41 Å². The summed E-state index contributed by atoms with van der Waals surface area (Å²) < 4.78 is 45.5. The number of hydrogen-bond donors (Lipinski definition) is 1. The van der Waals surface area contributed by atoms with Gasteiger partial charge in [-0.1, -0.05) is 13.8 Å². The van der Waals surface area contributed by atoms with Crippen molar-refractivity contribution in [2.45, 2.75) is 38.9 Å². The molecule has 3 heterocycles. The molecule has 0 fully saturated rings. The first kappa shape index (κ1) is 16.0. The van der Waals surface area contributed by atoms with Crippen LogP contribution in [-0.4, -0.2) is 21.7 Å². The van der Waals surface area contributed by atoms with E-state index in [0.29, 0.717) is 41.3 Å². The van der Waals surface area contributed by atoms with Crippen molar-refractivity contribution >= 4 is 16.6 Å². The van der Waals surface area contributed by atoms with E-state index >= 15 is 0 Å². The molecule has 25 heavy (non-hydrogen) atoms. The van der Waals surface area contributed by atoms with Crippen molar-refractivity contribution in [3.8, 4) is 0 Å². The van der Waals surface area contributed by atoms with E-state index in [1.54, 1.807) is 13.1 Å². The highest BCUT2D eigenvalue weighted by Gasteiger charge is 2.38. The second-order valence-electron chi connectivity index (χ2n) is 7.07. The normalized spacial score (nSPS) is 17.1. The predicted octanol–water partition coefficient (Wildman–Crippen LogP) is 4.18. The minimum absolute atomic E-state index is 0.338. The van der Waals surface area contributed by atoms with Crippen LogP contribution < -0.4 is 4.90 Å². The first-order valence-corrected chi connectivity index (χ1v) is 7.91. The highest BCUT2D eigenvalue weighted by molar-refractivity contribution is 5.92. The van der Waals surface area contributed by atoms with E-state index < -0.39 is 11.7 Å². The van der Waals surface area contributed by atoms with Crippen molar-refractivity contribution in [2.75, 3.05) is 11.4 Å². The Morgan fingerprint density at radius 3 is 2.76 bits per heavy atom. The highest BCUT2D eigenvalue weighted by Crippen LogP contribution is 2.40. The van der Waals surface area contributed by atoms with Crippen LogP contribution in [0.3, 0.4) is 0 Å². The van der Waals surface area contributed by atoms with E-state index in [4.69, 9.17) is 4.42 Å². The topological polar surface area (TPSA) is 58.0 Å². The van der Waals surface area contributed by atoms with Crippen LogP contribution in [0.4, 0.5) is 18.9 Å². The molecule has 8 heteroatoms. The number of hydrogen-bond acceptors (Lipinski definition) is 4. The summed E-state index contributed by atoms with van der Waals surface area (Å²) in [7, 11) is 0. The molecule has 0 spiro atoms. The number of aromatic amines is 1. The molecule has 1 N–H and O–H groups in total. The number of aromatic nitrogens is 3. The lowest BCUT2D eigenvalue weighted by Crippen LogP contribution is -2.42. The van der Waals surface area contributed by atoms with E-state index in [1.807, 2.05) is 18.7 Å². The molecular formula is C17H17F3N4O. The summed E-state index contributed by atoms with van der Waals surface area (Å²) in [5.41, 5.74) is 0.692. The Kier molecular flexibility index (Phi) is 3.20. The number of fused-ring (bicyclic) bond motifs is 2. The lowest BCUT2D eigenvalue weighted by molar-refractivity contribution is -0.137. The number of halogens is 3. The molecular weight excluding hydrogens is 333 g/mol. The summed E-state index contributed by atoms with van der Waals surface area (Å²) in [6.07, 6.45) is -2.87. The molecule has 0 atom stereocenters. The van der Waals surface area contributed by atoms with Crippen LogP contribution in [0.1, 0.15) is 36.8 Å². The lowest BCUT2D eigenvalue weighted by Gasteiger charge is -2.38. The zero-order chi connectivity index (χ0) is 18.0. The summed E-state index contributed by atoms with van der Waals surface area (Å²) >= 11 is 0. The van der Waals surface area contributed by atoms with Crippen molar-refractivity contribution in [1.29, 1.82) is 0 Å². The monoisotopic (exact) mass is 350 g/mol. The maximum Gasteiger partial charge on any atom is 0.416 e. The molecule has 2 aromatic heterocycles. The molecule has 3 aromatic rings. The Labute approximate surface area is 141 Å². The third-order valence-corrected chi connectivity index (χ3v) is 4.57. The summed E-state index contributed by atoms with van der Waals surface area (Å²) in [6.45, 7) is 6.71. The molecule has 0 radical (unpaired) electrons. The highest BCUT2D eigenvalue weighted by atomic mass is 19.4. The van der Waals surface area contributed by atoms with Crippen molar-refractivity contribution < 1.29 is 17.6 Å². The fourth-order valence-electron chi connectivity index (χ4n) is 3.51. The smallest absolute Gasteiger partial charge is 0.416 e. The second-order valence-corrected chi connectivity index (χ2v) is 7.07. The lowest BCUT2D eigenvalue weighted by atomic mass is 9.84. The Morgan fingerprint density at radius 1 is 1.28 bits per heavy atom. The Bertz CT molecular complexity index is 955. The third kappa shape index (κ3) is 2.56. The molecule has 0 bridgehead atoms. The van der Waals surface area contributed by atoms with Gasteiger partial charge >= 0.3 is 6.18 Å². The predicted molar refractivity (Wildman–Crippen MR) is 86.4 cm³/mol. The average molecular weight is 350 g/mol. The Hall–Kier alpha value is -2.51. The van der Waals surface area contributed by atoms with E-state index in [0.717, 1.165) is 11.8 Å². The molecule has 0 saturated carbocycles. The number of anilines is 1. The molecule has 1 aliphatic heterocycles. The van der Waals surface area contributed by atoms with Crippen molar-refractivity contribution in [3.05, 3.63) is 41.2 Å². The van der Waals surface area contributed by atoms with Gasteiger partial charge in [0.1, 0.15) is 5.76 Å². The number of rotatable bonds is 1. The van der Waals surface area contributed by atoms with Crippen molar-refractivity contribution in [2.24, 2.45) is 0 Å². The molecule has 132 valence electrons. The summed E-state index contributed by atoms with van der Waals surface area (Å²) in [5.74, 6) is 1.26. The first-order chi connectivity index (χ1) is 11.6. The Morgan fingerprint density at radius 2 is 2.04 bits per heavy atom. The van der Waals surface area contributed by atoms with Gasteiger partial charge in [0.2, 0.25) is 0 Å².